The van der Waals surface area contributed by atoms with Crippen molar-refractivity contribution in [2.75, 3.05) is 25.3 Å². The zero-order chi connectivity index (χ0) is 23.2. The Balaban J connectivity index is 1.64. The SMILES string of the molecule is COc1ccccc1Cn1c(SCC(=O)Nc2ccccc2OC)nc2nccnc2c1=O. The van der Waals surface area contributed by atoms with Gasteiger partial charge in [0.05, 0.1) is 32.2 Å². The number of nitrogens with one attached hydrogen (secondary N) is 1. The Bertz CT molecular complexity index is 1360. The van der Waals surface area contributed by atoms with E-state index in [2.05, 4.69) is 20.3 Å². The first-order valence-electron chi connectivity index (χ1n) is 10.00. The van der Waals surface area contributed by atoms with Crippen molar-refractivity contribution in [1.29, 1.82) is 0 Å². The molecule has 0 saturated carbocycles. The number of fused-ring (bicyclic) bond motifs is 1. The molecule has 4 aromatic rings. The van der Waals surface area contributed by atoms with Gasteiger partial charge in [-0.25, -0.2) is 15.0 Å². The van der Waals surface area contributed by atoms with Crippen LogP contribution in [0.4, 0.5) is 5.69 Å². The van der Waals surface area contributed by atoms with Gasteiger partial charge in [-0.1, -0.05) is 42.1 Å². The molecule has 0 fully saturated rings. The van der Waals surface area contributed by atoms with Crippen LogP contribution in [0, 0.1) is 0 Å². The molecule has 1 amide bonds. The van der Waals surface area contributed by atoms with Crippen molar-refractivity contribution in [2.24, 2.45) is 0 Å². The number of ether oxygens (including phenoxy) is 2. The molecule has 9 nitrogen and oxygen atoms in total. The van der Waals surface area contributed by atoms with Crippen LogP contribution in [-0.4, -0.2) is 45.4 Å². The molecule has 0 spiro atoms. The van der Waals surface area contributed by atoms with Crippen LogP contribution in [0.2, 0.25) is 0 Å². The van der Waals surface area contributed by atoms with Crippen LogP contribution in [0.3, 0.4) is 0 Å². The van der Waals surface area contributed by atoms with Crippen LogP contribution in [0.1, 0.15) is 5.56 Å². The second kappa shape index (κ2) is 10.1. The first-order valence-corrected chi connectivity index (χ1v) is 11.0. The average molecular weight is 464 g/mol. The van der Waals surface area contributed by atoms with Gasteiger partial charge in [0.1, 0.15) is 11.5 Å². The second-order valence-corrected chi connectivity index (χ2v) is 7.81. The highest BCUT2D eigenvalue weighted by Crippen LogP contribution is 2.25. The lowest BCUT2D eigenvalue weighted by Gasteiger charge is -2.14. The minimum absolute atomic E-state index is 0.0299. The molecular weight excluding hydrogens is 442 g/mol. The summed E-state index contributed by atoms with van der Waals surface area (Å²) in [6.45, 7) is 0.207. The van der Waals surface area contributed by atoms with E-state index in [0.29, 0.717) is 22.3 Å². The van der Waals surface area contributed by atoms with E-state index in [9.17, 15) is 9.59 Å². The zero-order valence-electron chi connectivity index (χ0n) is 18.0. The monoisotopic (exact) mass is 463 g/mol. The van der Waals surface area contributed by atoms with E-state index in [1.807, 2.05) is 30.3 Å². The van der Waals surface area contributed by atoms with Crippen molar-refractivity contribution in [3.8, 4) is 11.5 Å². The first kappa shape index (κ1) is 22.3. The van der Waals surface area contributed by atoms with E-state index in [1.54, 1.807) is 25.3 Å². The predicted molar refractivity (Wildman–Crippen MR) is 126 cm³/mol. The molecular formula is C23H21N5O4S. The summed E-state index contributed by atoms with van der Waals surface area (Å²) < 4.78 is 12.2. The number of nitrogens with zero attached hydrogens (tertiary/aromatic N) is 4. The minimum atomic E-state index is -0.341. The first-order chi connectivity index (χ1) is 16.1. The molecule has 0 aliphatic rings. The summed E-state index contributed by atoms with van der Waals surface area (Å²) in [4.78, 5) is 38.7. The summed E-state index contributed by atoms with van der Waals surface area (Å²) in [6.07, 6.45) is 2.93. The number of thioether (sulfide) groups is 1. The molecule has 0 aliphatic heterocycles. The number of anilines is 1. The predicted octanol–water partition coefficient (Wildman–Crippen LogP) is 2.98. The molecule has 0 unspecified atom stereocenters. The smallest absolute Gasteiger partial charge is 0.282 e. The number of carbonyl (C=O) groups excluding carboxylic acids is 1. The molecule has 2 heterocycles. The highest BCUT2D eigenvalue weighted by molar-refractivity contribution is 7.99. The summed E-state index contributed by atoms with van der Waals surface area (Å²) in [6, 6.07) is 14.6. The van der Waals surface area contributed by atoms with Gasteiger partial charge in [0, 0.05) is 18.0 Å². The summed E-state index contributed by atoms with van der Waals surface area (Å²) in [5, 5.41) is 3.18. The van der Waals surface area contributed by atoms with E-state index in [1.165, 1.54) is 24.1 Å². The molecule has 0 atom stereocenters. The number of rotatable bonds is 8. The van der Waals surface area contributed by atoms with Gasteiger partial charge >= 0.3 is 0 Å². The summed E-state index contributed by atoms with van der Waals surface area (Å²) in [7, 11) is 3.11. The van der Waals surface area contributed by atoms with Gasteiger partial charge < -0.3 is 14.8 Å². The third-order valence-corrected chi connectivity index (χ3v) is 5.77. The molecule has 0 bridgehead atoms. The lowest BCUT2D eigenvalue weighted by atomic mass is 10.2. The molecule has 4 rings (SSSR count). The van der Waals surface area contributed by atoms with Crippen molar-refractivity contribution in [2.45, 2.75) is 11.7 Å². The maximum atomic E-state index is 13.2. The quantitative estimate of drug-likeness (QED) is 0.314. The van der Waals surface area contributed by atoms with Gasteiger partial charge in [-0.05, 0) is 18.2 Å². The molecule has 0 aliphatic carbocycles. The molecule has 2 aromatic heterocycles. The second-order valence-electron chi connectivity index (χ2n) is 6.86. The Labute approximate surface area is 193 Å². The summed E-state index contributed by atoms with van der Waals surface area (Å²) in [5.41, 5.74) is 1.41. The lowest BCUT2D eigenvalue weighted by molar-refractivity contribution is -0.113. The van der Waals surface area contributed by atoms with Gasteiger partial charge in [-0.15, -0.1) is 0 Å². The molecule has 10 heteroatoms. The standard InChI is InChI=1S/C23H21N5O4S/c1-31-17-9-5-3-7-15(17)13-28-22(30)20-21(25-12-11-24-20)27-23(28)33-14-19(29)26-16-8-4-6-10-18(16)32-2/h3-12H,13-14H2,1-2H3,(H,26,29). The lowest BCUT2D eigenvalue weighted by Crippen LogP contribution is -2.26. The van der Waals surface area contributed by atoms with Gasteiger partial charge in [-0.2, -0.15) is 0 Å². The van der Waals surface area contributed by atoms with Crippen LogP contribution < -0.4 is 20.3 Å². The van der Waals surface area contributed by atoms with Crippen molar-refractivity contribution < 1.29 is 14.3 Å². The van der Waals surface area contributed by atoms with E-state index >= 15 is 0 Å². The van der Waals surface area contributed by atoms with Gasteiger partial charge in [0.25, 0.3) is 5.56 Å². The Hall–Kier alpha value is -3.92. The third kappa shape index (κ3) is 4.96. The van der Waals surface area contributed by atoms with Crippen LogP contribution in [0.5, 0.6) is 11.5 Å². The van der Waals surface area contributed by atoms with Crippen molar-refractivity contribution in [3.63, 3.8) is 0 Å². The zero-order valence-corrected chi connectivity index (χ0v) is 18.8. The van der Waals surface area contributed by atoms with Gasteiger partial charge in [0.15, 0.2) is 16.3 Å². The van der Waals surface area contributed by atoms with Crippen LogP contribution in [0.25, 0.3) is 11.2 Å². The molecule has 0 radical (unpaired) electrons. The Morgan fingerprint density at radius 2 is 1.70 bits per heavy atom. The third-order valence-electron chi connectivity index (χ3n) is 4.79. The number of aromatic nitrogens is 4. The number of amides is 1. The fourth-order valence-electron chi connectivity index (χ4n) is 3.25. The van der Waals surface area contributed by atoms with E-state index in [4.69, 9.17) is 9.47 Å². The topological polar surface area (TPSA) is 108 Å². The summed E-state index contributed by atoms with van der Waals surface area (Å²) in [5.74, 6) is 0.973. The van der Waals surface area contributed by atoms with Crippen LogP contribution in [-0.2, 0) is 11.3 Å². The van der Waals surface area contributed by atoms with Gasteiger partial charge in [0.2, 0.25) is 5.91 Å². The van der Waals surface area contributed by atoms with Crippen LogP contribution in [0.15, 0.2) is 70.9 Å². The number of hydrogen-bond donors (Lipinski definition) is 1. The maximum absolute atomic E-state index is 13.2. The van der Waals surface area contributed by atoms with E-state index in [-0.39, 0.29) is 34.9 Å². The molecule has 0 saturated heterocycles. The highest BCUT2D eigenvalue weighted by atomic mass is 32.2. The Morgan fingerprint density at radius 1 is 1.00 bits per heavy atom. The van der Waals surface area contributed by atoms with Gasteiger partial charge in [-0.3, -0.25) is 14.2 Å². The number of para-hydroxylation sites is 3. The Morgan fingerprint density at radius 3 is 2.48 bits per heavy atom. The summed E-state index contributed by atoms with van der Waals surface area (Å²) >= 11 is 1.14. The largest absolute Gasteiger partial charge is 0.496 e. The van der Waals surface area contributed by atoms with Crippen LogP contribution >= 0.6 is 11.8 Å². The molecule has 2 aromatic carbocycles. The molecule has 1 N–H and O–H groups in total. The maximum Gasteiger partial charge on any atom is 0.282 e. The number of benzene rings is 2. The average Bonchev–Trinajstić information content (AvgIpc) is 2.85. The Kier molecular flexibility index (Phi) is 6.84. The fourth-order valence-corrected chi connectivity index (χ4v) is 4.03. The number of hydrogen-bond acceptors (Lipinski definition) is 8. The van der Waals surface area contributed by atoms with Crippen molar-refractivity contribution >= 4 is 34.5 Å². The highest BCUT2D eigenvalue weighted by Gasteiger charge is 2.17. The number of methoxy groups -OCH3 is 2. The normalized spacial score (nSPS) is 10.7. The van der Waals surface area contributed by atoms with Crippen molar-refractivity contribution in [1.82, 2.24) is 19.5 Å². The number of carbonyl (C=O) groups is 1. The van der Waals surface area contributed by atoms with Crippen molar-refractivity contribution in [3.05, 3.63) is 76.8 Å². The minimum Gasteiger partial charge on any atom is -0.496 e. The fraction of sp³-hybridized carbons (Fsp3) is 0.174. The van der Waals surface area contributed by atoms with E-state index in [0.717, 1.165) is 17.3 Å². The molecule has 168 valence electrons. The van der Waals surface area contributed by atoms with E-state index < -0.39 is 0 Å². The molecule has 33 heavy (non-hydrogen) atoms.